The number of amides is 2. The van der Waals surface area contributed by atoms with Crippen LogP contribution in [0.5, 0.6) is 5.75 Å². The van der Waals surface area contributed by atoms with Crippen LogP contribution < -0.4 is 9.64 Å². The number of anilines is 1. The molecule has 0 N–H and O–H groups in total. The van der Waals surface area contributed by atoms with Crippen LogP contribution in [0.1, 0.15) is 28.2 Å². The van der Waals surface area contributed by atoms with Crippen LogP contribution in [0.25, 0.3) is 0 Å². The van der Waals surface area contributed by atoms with Crippen molar-refractivity contribution < 1.29 is 14.3 Å². The molecule has 2 atom stereocenters. The predicted octanol–water partition coefficient (Wildman–Crippen LogP) is 5.65. The van der Waals surface area contributed by atoms with Crippen LogP contribution in [0, 0.1) is 11.8 Å². The molecule has 2 bridgehead atoms. The third kappa shape index (κ3) is 2.88. The number of rotatable bonds is 4. The lowest BCUT2D eigenvalue weighted by molar-refractivity contribution is -0.122. The van der Waals surface area contributed by atoms with Crippen molar-refractivity contribution >= 4 is 29.4 Å². The Bertz CT molecular complexity index is 1550. The fourth-order valence-corrected chi connectivity index (χ4v) is 6.75. The van der Waals surface area contributed by atoms with E-state index in [2.05, 4.69) is 24.3 Å². The molecule has 180 valence electrons. The van der Waals surface area contributed by atoms with E-state index in [1.54, 1.807) is 7.11 Å². The molecule has 4 aromatic carbocycles. The van der Waals surface area contributed by atoms with Gasteiger partial charge in [-0.15, -0.1) is 0 Å². The van der Waals surface area contributed by atoms with E-state index in [0.29, 0.717) is 11.4 Å². The van der Waals surface area contributed by atoms with Gasteiger partial charge in [0.05, 0.1) is 35.7 Å². The van der Waals surface area contributed by atoms with Gasteiger partial charge in [0.1, 0.15) is 5.75 Å². The summed E-state index contributed by atoms with van der Waals surface area (Å²) in [5.41, 5.74) is 4.73. The van der Waals surface area contributed by atoms with Crippen molar-refractivity contribution in [3.05, 3.63) is 125 Å². The van der Waals surface area contributed by atoms with Crippen LogP contribution in [0.4, 0.5) is 11.4 Å². The lowest BCUT2D eigenvalue weighted by Gasteiger charge is -2.52. The second-order valence-corrected chi connectivity index (χ2v) is 9.83. The second-order valence-electron chi connectivity index (χ2n) is 9.83. The average molecular weight is 485 g/mol. The summed E-state index contributed by atoms with van der Waals surface area (Å²) in [5.74, 6) is -0.893. The molecular weight excluding hydrogens is 460 g/mol. The van der Waals surface area contributed by atoms with Gasteiger partial charge in [-0.3, -0.25) is 14.6 Å². The first-order valence-corrected chi connectivity index (χ1v) is 12.5. The smallest absolute Gasteiger partial charge is 0.239 e. The topological polar surface area (TPSA) is 59.0 Å². The highest BCUT2D eigenvalue weighted by atomic mass is 16.5. The molecule has 2 unspecified atom stereocenters. The molecule has 0 aromatic heterocycles. The number of hydrogen-bond donors (Lipinski definition) is 0. The van der Waals surface area contributed by atoms with Gasteiger partial charge in [-0.2, -0.15) is 0 Å². The van der Waals surface area contributed by atoms with Gasteiger partial charge in [-0.25, -0.2) is 4.90 Å². The minimum absolute atomic E-state index is 0.144. The van der Waals surface area contributed by atoms with Crippen molar-refractivity contribution in [2.45, 2.75) is 11.3 Å². The maximum Gasteiger partial charge on any atom is 0.239 e. The molecule has 1 saturated heterocycles. The summed E-state index contributed by atoms with van der Waals surface area (Å²) in [6.45, 7) is 0. The van der Waals surface area contributed by atoms with Gasteiger partial charge >= 0.3 is 0 Å². The normalized spacial score (nSPS) is 25.2. The molecule has 0 saturated carbocycles. The van der Waals surface area contributed by atoms with Crippen molar-refractivity contribution in [3.63, 3.8) is 0 Å². The van der Waals surface area contributed by atoms with E-state index in [9.17, 15) is 9.59 Å². The Hall–Kier alpha value is -4.51. The molecule has 5 heteroatoms. The number of carbonyl (C=O) groups is 2. The van der Waals surface area contributed by atoms with Gasteiger partial charge in [0.15, 0.2) is 0 Å². The number of hydrogen-bond acceptors (Lipinski definition) is 4. The van der Waals surface area contributed by atoms with Gasteiger partial charge in [-0.05, 0) is 46.5 Å². The summed E-state index contributed by atoms with van der Waals surface area (Å²) in [6, 6.07) is 33.2. The van der Waals surface area contributed by atoms with Gasteiger partial charge < -0.3 is 4.74 Å². The predicted molar refractivity (Wildman–Crippen MR) is 143 cm³/mol. The van der Waals surface area contributed by atoms with E-state index in [1.165, 1.54) is 4.90 Å². The fourth-order valence-electron chi connectivity index (χ4n) is 6.75. The van der Waals surface area contributed by atoms with Crippen molar-refractivity contribution in [2.75, 3.05) is 12.0 Å². The summed E-state index contributed by atoms with van der Waals surface area (Å²) >= 11 is 0. The highest BCUT2D eigenvalue weighted by Gasteiger charge is 2.67. The minimum Gasteiger partial charge on any atom is -0.497 e. The van der Waals surface area contributed by atoms with Crippen LogP contribution in [0.15, 0.2) is 108 Å². The number of para-hydroxylation sites is 1. The zero-order chi connectivity index (χ0) is 25.1. The fraction of sp³-hybridized carbons (Fsp3) is 0.156. The quantitative estimate of drug-likeness (QED) is 0.278. The van der Waals surface area contributed by atoms with E-state index in [4.69, 9.17) is 9.73 Å². The van der Waals surface area contributed by atoms with E-state index >= 15 is 0 Å². The molecule has 0 radical (unpaired) electrons. The Balaban J connectivity index is 1.50. The molecule has 1 fully saturated rings. The molecule has 2 amide bonds. The molecule has 4 aromatic rings. The molecule has 3 aliphatic carbocycles. The SMILES string of the molecule is COc1cccc(N=CC23c4ccccc4C(c4ccccc42)C2C(=O)N(c4ccccc4)C(=O)C23)c1. The van der Waals surface area contributed by atoms with Gasteiger partial charge in [0.2, 0.25) is 11.8 Å². The first kappa shape index (κ1) is 21.7. The third-order valence-corrected chi connectivity index (χ3v) is 8.17. The maximum absolute atomic E-state index is 14.3. The van der Waals surface area contributed by atoms with E-state index in [1.807, 2.05) is 85.1 Å². The maximum atomic E-state index is 14.3. The van der Waals surface area contributed by atoms with Crippen LogP contribution in [0.2, 0.25) is 0 Å². The second kappa shape index (κ2) is 8.00. The summed E-state index contributed by atoms with van der Waals surface area (Å²) in [6.07, 6.45) is 1.91. The van der Waals surface area contributed by atoms with Crippen molar-refractivity contribution in [1.29, 1.82) is 0 Å². The Kier molecular flexibility index (Phi) is 4.70. The molecule has 0 spiro atoms. The Morgan fingerprint density at radius 2 is 1.43 bits per heavy atom. The zero-order valence-electron chi connectivity index (χ0n) is 20.2. The molecule has 1 aliphatic heterocycles. The monoisotopic (exact) mass is 484 g/mol. The summed E-state index contributed by atoms with van der Waals surface area (Å²) in [4.78, 5) is 34.7. The number of benzene rings is 4. The number of aliphatic imine (C=N–C) groups is 1. The zero-order valence-corrected chi connectivity index (χ0v) is 20.2. The largest absolute Gasteiger partial charge is 0.497 e. The van der Waals surface area contributed by atoms with Crippen LogP contribution in [-0.4, -0.2) is 25.1 Å². The molecule has 4 aliphatic rings. The Morgan fingerprint density at radius 3 is 2.11 bits per heavy atom. The van der Waals surface area contributed by atoms with Crippen LogP contribution in [0.3, 0.4) is 0 Å². The Labute approximate surface area is 215 Å². The highest BCUT2D eigenvalue weighted by molar-refractivity contribution is 6.25. The standard InChI is InChI=1S/C32H24N2O3/c1-37-22-13-9-10-20(18-22)33-19-32-25-16-7-5-14-23(25)27(24-15-6-8-17-26(24)32)28-29(32)31(36)34(30(28)35)21-11-3-2-4-12-21/h2-19,27-29H,1H3. The molecule has 37 heavy (non-hydrogen) atoms. The molecule has 1 heterocycles. The summed E-state index contributed by atoms with van der Waals surface area (Å²) < 4.78 is 5.40. The number of carbonyl (C=O) groups excluding carboxylic acids is 2. The summed E-state index contributed by atoms with van der Waals surface area (Å²) in [7, 11) is 1.63. The number of nitrogens with zero attached hydrogens (tertiary/aromatic N) is 2. The first-order valence-electron chi connectivity index (χ1n) is 12.5. The first-order chi connectivity index (χ1) is 18.1. The van der Waals surface area contributed by atoms with Gasteiger partial charge in [0, 0.05) is 18.2 Å². The van der Waals surface area contributed by atoms with Crippen molar-refractivity contribution in [1.82, 2.24) is 0 Å². The van der Waals surface area contributed by atoms with E-state index in [-0.39, 0.29) is 17.7 Å². The van der Waals surface area contributed by atoms with Gasteiger partial charge in [-0.1, -0.05) is 72.8 Å². The lowest BCUT2D eigenvalue weighted by Crippen LogP contribution is -2.54. The van der Waals surface area contributed by atoms with E-state index < -0.39 is 17.3 Å². The van der Waals surface area contributed by atoms with Crippen LogP contribution in [-0.2, 0) is 15.0 Å². The van der Waals surface area contributed by atoms with Crippen molar-refractivity contribution in [3.8, 4) is 5.75 Å². The molecular formula is C32H24N2O3. The lowest BCUT2D eigenvalue weighted by atomic mass is 9.47. The molecule has 5 nitrogen and oxygen atoms in total. The van der Waals surface area contributed by atoms with Crippen LogP contribution >= 0.6 is 0 Å². The van der Waals surface area contributed by atoms with Crippen molar-refractivity contribution in [2.24, 2.45) is 16.8 Å². The number of imide groups is 1. The third-order valence-electron chi connectivity index (χ3n) is 8.17. The average Bonchev–Trinajstić information content (AvgIpc) is 3.23. The minimum atomic E-state index is -0.883. The van der Waals surface area contributed by atoms with E-state index in [0.717, 1.165) is 27.9 Å². The number of ether oxygens (including phenoxy) is 1. The highest BCUT2D eigenvalue weighted by Crippen LogP contribution is 2.63. The Morgan fingerprint density at radius 1 is 0.784 bits per heavy atom. The molecule has 8 rings (SSSR count). The summed E-state index contributed by atoms with van der Waals surface area (Å²) in [5, 5.41) is 0. The van der Waals surface area contributed by atoms with Gasteiger partial charge in [0.25, 0.3) is 0 Å². The number of methoxy groups -OCH3 is 1.